The number of aliphatic hydroxyl groups is 1. The molecule has 0 bridgehead atoms. The third-order valence-electron chi connectivity index (χ3n) is 2.92. The van der Waals surface area contributed by atoms with Crippen LogP contribution in [0.3, 0.4) is 0 Å². The van der Waals surface area contributed by atoms with E-state index in [0.717, 1.165) is 28.8 Å². The van der Waals surface area contributed by atoms with E-state index < -0.39 is 0 Å². The highest BCUT2D eigenvalue weighted by Crippen LogP contribution is 2.37. The van der Waals surface area contributed by atoms with Gasteiger partial charge in [-0.15, -0.1) is 0 Å². The molecule has 0 atom stereocenters. The summed E-state index contributed by atoms with van der Waals surface area (Å²) in [5.74, 6) is 0.965. The lowest BCUT2D eigenvalue weighted by molar-refractivity contribution is 0.218. The fourth-order valence-electron chi connectivity index (χ4n) is 1.74. The fourth-order valence-corrected chi connectivity index (χ4v) is 2.36. The summed E-state index contributed by atoms with van der Waals surface area (Å²) in [6.07, 6.45) is 0.962. The normalized spacial score (nSPS) is 14.9. The lowest BCUT2D eigenvalue weighted by atomic mass is 9.84. The number of fused-ring (bicyclic) bond motifs is 1. The maximum absolute atomic E-state index is 9.34. The molecule has 1 aliphatic rings. The molecule has 0 aromatic heterocycles. The van der Waals surface area contributed by atoms with Gasteiger partial charge in [-0.25, -0.2) is 0 Å². The zero-order chi connectivity index (χ0) is 11.1. The van der Waals surface area contributed by atoms with E-state index in [0.29, 0.717) is 0 Å². The Morgan fingerprint density at radius 3 is 2.87 bits per heavy atom. The summed E-state index contributed by atoms with van der Waals surface area (Å²) in [6, 6.07) is 4.18. The molecule has 2 rings (SSSR count). The monoisotopic (exact) mass is 270 g/mol. The number of hydrogen-bond acceptors (Lipinski definition) is 2. The molecule has 1 N–H and O–H groups in total. The van der Waals surface area contributed by atoms with Crippen LogP contribution in [0.5, 0.6) is 5.75 Å². The van der Waals surface area contributed by atoms with E-state index in [1.807, 2.05) is 19.9 Å². The first-order valence-electron chi connectivity index (χ1n) is 5.11. The van der Waals surface area contributed by atoms with E-state index in [1.165, 1.54) is 5.56 Å². The maximum Gasteiger partial charge on any atom is 0.136 e. The standard InChI is InChI=1S/C12H15BrO2/c1-12(2,7-14)9-5-8-3-4-15-11(8)10(13)6-9/h5-6,14H,3-4,7H2,1-2H3. The molecule has 1 aliphatic heterocycles. The molecule has 0 radical (unpaired) electrons. The highest BCUT2D eigenvalue weighted by molar-refractivity contribution is 9.10. The highest BCUT2D eigenvalue weighted by Gasteiger charge is 2.24. The smallest absolute Gasteiger partial charge is 0.136 e. The number of aliphatic hydroxyl groups excluding tert-OH is 1. The molecule has 0 amide bonds. The van der Waals surface area contributed by atoms with Crippen LogP contribution in [0.1, 0.15) is 25.0 Å². The Labute approximate surface area is 98.4 Å². The number of ether oxygens (including phenoxy) is 1. The number of benzene rings is 1. The second-order valence-corrected chi connectivity index (χ2v) is 5.44. The Morgan fingerprint density at radius 1 is 1.47 bits per heavy atom. The zero-order valence-electron chi connectivity index (χ0n) is 9.01. The summed E-state index contributed by atoms with van der Waals surface area (Å²) < 4.78 is 6.52. The molecule has 1 aromatic carbocycles. The van der Waals surface area contributed by atoms with Crippen molar-refractivity contribution >= 4 is 15.9 Å². The number of hydrogen-bond donors (Lipinski definition) is 1. The molecule has 15 heavy (non-hydrogen) atoms. The van der Waals surface area contributed by atoms with E-state index in [2.05, 4.69) is 22.0 Å². The first-order chi connectivity index (χ1) is 7.04. The Bertz CT molecular complexity index is 385. The van der Waals surface area contributed by atoms with Crippen LogP contribution in [0.2, 0.25) is 0 Å². The van der Waals surface area contributed by atoms with Gasteiger partial charge in [-0.1, -0.05) is 19.9 Å². The van der Waals surface area contributed by atoms with Crippen molar-refractivity contribution in [2.24, 2.45) is 0 Å². The largest absolute Gasteiger partial charge is 0.492 e. The van der Waals surface area contributed by atoms with Gasteiger partial charge in [0.1, 0.15) is 5.75 Å². The van der Waals surface area contributed by atoms with Gasteiger partial charge in [-0.05, 0) is 33.1 Å². The van der Waals surface area contributed by atoms with E-state index in [9.17, 15) is 5.11 Å². The van der Waals surface area contributed by atoms with E-state index in [-0.39, 0.29) is 12.0 Å². The van der Waals surface area contributed by atoms with Crippen LogP contribution in [0.4, 0.5) is 0 Å². The minimum atomic E-state index is -0.194. The molecule has 1 heterocycles. The SMILES string of the molecule is CC(C)(CO)c1cc(Br)c2c(c1)CCO2. The minimum absolute atomic E-state index is 0.152. The predicted molar refractivity (Wildman–Crippen MR) is 63.5 cm³/mol. The van der Waals surface area contributed by atoms with Gasteiger partial charge in [0.05, 0.1) is 17.7 Å². The van der Waals surface area contributed by atoms with Crippen LogP contribution in [-0.2, 0) is 11.8 Å². The van der Waals surface area contributed by atoms with Crippen LogP contribution >= 0.6 is 15.9 Å². The van der Waals surface area contributed by atoms with Crippen molar-refractivity contribution in [3.05, 3.63) is 27.7 Å². The van der Waals surface area contributed by atoms with Crippen LogP contribution in [0, 0.1) is 0 Å². The Morgan fingerprint density at radius 2 is 2.20 bits per heavy atom. The number of halogens is 1. The van der Waals surface area contributed by atoms with Gasteiger partial charge >= 0.3 is 0 Å². The Hall–Kier alpha value is -0.540. The molecule has 3 heteroatoms. The summed E-state index contributed by atoms with van der Waals surface area (Å²) in [7, 11) is 0. The van der Waals surface area contributed by atoms with Gasteiger partial charge in [0.25, 0.3) is 0 Å². The summed E-state index contributed by atoms with van der Waals surface area (Å²) in [4.78, 5) is 0. The molecular weight excluding hydrogens is 256 g/mol. The zero-order valence-corrected chi connectivity index (χ0v) is 10.6. The average molecular weight is 271 g/mol. The van der Waals surface area contributed by atoms with Crippen LogP contribution < -0.4 is 4.74 Å². The molecule has 82 valence electrons. The molecule has 0 spiro atoms. The van der Waals surface area contributed by atoms with Crippen molar-refractivity contribution in [3.8, 4) is 5.75 Å². The average Bonchev–Trinajstić information content (AvgIpc) is 2.66. The third-order valence-corrected chi connectivity index (χ3v) is 3.50. The molecular formula is C12H15BrO2. The predicted octanol–water partition coefficient (Wildman–Crippen LogP) is 2.65. The first kappa shape index (κ1) is 11.0. The second kappa shape index (κ2) is 3.80. The van der Waals surface area contributed by atoms with Gasteiger partial charge in [0.2, 0.25) is 0 Å². The topological polar surface area (TPSA) is 29.5 Å². The van der Waals surface area contributed by atoms with Gasteiger partial charge in [0, 0.05) is 11.8 Å². The van der Waals surface area contributed by atoms with Crippen molar-refractivity contribution in [2.45, 2.75) is 25.7 Å². The lowest BCUT2D eigenvalue weighted by Gasteiger charge is -2.23. The van der Waals surface area contributed by atoms with E-state index in [4.69, 9.17) is 4.74 Å². The van der Waals surface area contributed by atoms with Crippen molar-refractivity contribution in [3.63, 3.8) is 0 Å². The lowest BCUT2D eigenvalue weighted by Crippen LogP contribution is -2.22. The van der Waals surface area contributed by atoms with Gasteiger partial charge in [0.15, 0.2) is 0 Å². The molecule has 0 saturated carbocycles. The quantitative estimate of drug-likeness (QED) is 0.896. The van der Waals surface area contributed by atoms with Gasteiger partial charge in [-0.3, -0.25) is 0 Å². The van der Waals surface area contributed by atoms with Crippen molar-refractivity contribution in [2.75, 3.05) is 13.2 Å². The van der Waals surface area contributed by atoms with Crippen LogP contribution in [-0.4, -0.2) is 18.3 Å². The Balaban J connectivity index is 2.48. The molecule has 0 fully saturated rings. The van der Waals surface area contributed by atoms with Gasteiger partial charge < -0.3 is 9.84 Å². The molecule has 1 aromatic rings. The van der Waals surface area contributed by atoms with Crippen LogP contribution in [0.15, 0.2) is 16.6 Å². The summed E-state index contributed by atoms with van der Waals surface area (Å²) in [5, 5.41) is 9.34. The highest BCUT2D eigenvalue weighted by atomic mass is 79.9. The Kier molecular flexibility index (Phi) is 2.77. The second-order valence-electron chi connectivity index (χ2n) is 4.59. The fraction of sp³-hybridized carbons (Fsp3) is 0.500. The number of rotatable bonds is 2. The van der Waals surface area contributed by atoms with Crippen LogP contribution in [0.25, 0.3) is 0 Å². The summed E-state index contributed by atoms with van der Waals surface area (Å²) in [6.45, 7) is 4.99. The minimum Gasteiger partial charge on any atom is -0.492 e. The maximum atomic E-state index is 9.34. The van der Waals surface area contributed by atoms with E-state index >= 15 is 0 Å². The summed E-state index contributed by atoms with van der Waals surface area (Å²) >= 11 is 3.51. The molecule has 0 saturated heterocycles. The van der Waals surface area contributed by atoms with Crippen molar-refractivity contribution in [1.29, 1.82) is 0 Å². The van der Waals surface area contributed by atoms with Crippen molar-refractivity contribution < 1.29 is 9.84 Å². The first-order valence-corrected chi connectivity index (χ1v) is 5.90. The van der Waals surface area contributed by atoms with Gasteiger partial charge in [-0.2, -0.15) is 0 Å². The molecule has 0 aliphatic carbocycles. The third kappa shape index (κ3) is 1.91. The summed E-state index contributed by atoms with van der Waals surface area (Å²) in [5.41, 5.74) is 2.20. The van der Waals surface area contributed by atoms with E-state index in [1.54, 1.807) is 0 Å². The van der Waals surface area contributed by atoms with Crippen molar-refractivity contribution in [1.82, 2.24) is 0 Å². The molecule has 2 nitrogen and oxygen atoms in total. The molecule has 0 unspecified atom stereocenters.